The summed E-state index contributed by atoms with van der Waals surface area (Å²) in [5.41, 5.74) is 0.976. The van der Waals surface area contributed by atoms with Crippen molar-refractivity contribution in [3.05, 3.63) is 329 Å². The Balaban J connectivity index is 0.000000668. The average molecular weight is 1090 g/mol. The number of allylic oxidation sites excluding steroid dienone is 1. The summed E-state index contributed by atoms with van der Waals surface area (Å²) in [5, 5.41) is 31.9. The Morgan fingerprint density at radius 2 is 0.747 bits per heavy atom. The molecule has 0 aromatic heterocycles. The van der Waals surface area contributed by atoms with Crippen LogP contribution in [0.2, 0.25) is 0 Å². The van der Waals surface area contributed by atoms with E-state index in [1.165, 1.54) is 24.3 Å². The monoisotopic (exact) mass is 1080 g/mol. The van der Waals surface area contributed by atoms with Gasteiger partial charge in [-0.3, -0.25) is 9.79 Å². The molecule has 0 aliphatic heterocycles. The zero-order valence-electron chi connectivity index (χ0n) is 40.7. The molecule has 10 rings (SSSR count). The summed E-state index contributed by atoms with van der Waals surface area (Å²) in [4.78, 5) is 20.4. The fourth-order valence-corrected chi connectivity index (χ4v) is 17.8. The molecule has 10 radical (unpaired) electrons. The molecule has 2 aliphatic carbocycles. The zero-order valence-corrected chi connectivity index (χ0v) is 45.1. The third kappa shape index (κ3) is 12.9. The number of carbonyl (C=O) groups is 1. The molecule has 9 heteroatoms. The van der Waals surface area contributed by atoms with E-state index in [1.54, 1.807) is 0 Å². The minimum Gasteiger partial charge on any atom is -0.858 e. The molecule has 358 valence electrons. The van der Waals surface area contributed by atoms with E-state index in [9.17, 15) is 19.1 Å². The molecule has 0 saturated heterocycles. The predicted molar refractivity (Wildman–Crippen MR) is 298 cm³/mol. The van der Waals surface area contributed by atoms with Crippen LogP contribution in [0.4, 0.5) is 8.78 Å². The van der Waals surface area contributed by atoms with Crippen molar-refractivity contribution >= 4 is 58.9 Å². The number of nitrogens with zero attached hydrogens (tertiary/aromatic N) is 2. The van der Waals surface area contributed by atoms with Gasteiger partial charge in [-0.2, -0.15) is 11.3 Å². The van der Waals surface area contributed by atoms with Gasteiger partial charge in [0.05, 0.1) is 0 Å². The van der Waals surface area contributed by atoms with Crippen molar-refractivity contribution in [3.63, 3.8) is 0 Å². The first kappa shape index (κ1) is 55.6. The van der Waals surface area contributed by atoms with E-state index in [2.05, 4.69) is 65.0 Å². The van der Waals surface area contributed by atoms with Crippen LogP contribution in [-0.4, -0.2) is 33.4 Å². The van der Waals surface area contributed by atoms with Crippen molar-refractivity contribution in [2.45, 2.75) is 5.54 Å². The number of aliphatic imine (C=N–C) groups is 1. The van der Waals surface area contributed by atoms with Gasteiger partial charge in [-0.15, -0.1) is 5.20 Å². The normalized spacial score (nSPS) is 14.1. The Morgan fingerprint density at radius 3 is 1.05 bits per heavy atom. The maximum Gasteiger partial charge on any atom is 4.00 e. The molecule has 0 bridgehead atoms. The van der Waals surface area contributed by atoms with Gasteiger partial charge in [0.2, 0.25) is 11.3 Å². The molecule has 2 saturated carbocycles. The summed E-state index contributed by atoms with van der Waals surface area (Å²) in [6, 6.07) is 70.7. The van der Waals surface area contributed by atoms with Crippen LogP contribution in [0.15, 0.2) is 241 Å². The number of carbonyl (C=O) groups excluding carboxylic acids is 1. The fourth-order valence-electron chi connectivity index (χ4n) is 9.03. The van der Waals surface area contributed by atoms with Crippen LogP contribution in [0, 0.1) is 105 Å². The maximum absolute atomic E-state index is 15.7. The molecular formula is C66H48F2N2O2Si2Zr+2. The fraction of sp³-hybridized carbons (Fsp3) is 0.0152. The van der Waals surface area contributed by atoms with Gasteiger partial charge < -0.3 is 16.6 Å². The van der Waals surface area contributed by atoms with Crippen LogP contribution >= 0.6 is 0 Å². The number of rotatable bonds is 12. The third-order valence-electron chi connectivity index (χ3n) is 12.5. The van der Waals surface area contributed by atoms with Crippen molar-refractivity contribution in [2.24, 2.45) is 4.99 Å². The molecular weight excluding hydrogens is 1040 g/mol. The number of ketones is 1. The Bertz CT molecular complexity index is 2990. The SMILES string of the molecule is N#CC(N=C([O-])c1ccc(F)cc1)(C(=O)c1ccc(F)cc1)C(=[C-]C#C[Si](c1ccccc1)(c1ccccc1)c1ccccc1)[Si](c1ccccc1)(c1ccccc1)c1ccccc1.[CH]1[CH][CH][CH][CH]1.[CH]1[CH][CH][CH][CH]1.[Zr+4]. The molecule has 8 aromatic carbocycles. The van der Waals surface area contributed by atoms with E-state index in [1.807, 2.05) is 210 Å². The van der Waals surface area contributed by atoms with Gasteiger partial charge in [-0.05, 0) is 128 Å². The van der Waals surface area contributed by atoms with Crippen molar-refractivity contribution in [2.75, 3.05) is 0 Å². The third-order valence-corrected chi connectivity index (χ3v) is 21.4. The molecule has 4 nitrogen and oxygen atoms in total. The van der Waals surface area contributed by atoms with Gasteiger partial charge >= 0.3 is 26.2 Å². The number of hydrogen-bond donors (Lipinski definition) is 0. The molecule has 0 N–H and O–H groups in total. The number of hydrogen-bond acceptors (Lipinski definition) is 4. The molecule has 0 spiro atoms. The minimum absolute atomic E-state index is 0. The summed E-state index contributed by atoms with van der Waals surface area (Å²) < 4.78 is 28.9. The maximum atomic E-state index is 15.7. The van der Waals surface area contributed by atoms with Crippen molar-refractivity contribution in [3.8, 4) is 17.5 Å². The second-order valence-electron chi connectivity index (χ2n) is 17.0. The average Bonchev–Trinajstić information content (AvgIpc) is 4.29. The van der Waals surface area contributed by atoms with E-state index in [4.69, 9.17) is 0 Å². The van der Waals surface area contributed by atoms with E-state index in [-0.39, 0.29) is 42.5 Å². The molecule has 0 amide bonds. The summed E-state index contributed by atoms with van der Waals surface area (Å²) >= 11 is 0. The van der Waals surface area contributed by atoms with Crippen LogP contribution in [-0.2, 0) is 26.2 Å². The first-order valence-electron chi connectivity index (χ1n) is 23.9. The van der Waals surface area contributed by atoms with Gasteiger partial charge in [0.15, 0.2) is 8.07 Å². The summed E-state index contributed by atoms with van der Waals surface area (Å²) in [6.07, 6.45) is 23.5. The molecule has 1 atom stereocenters. The first-order valence-corrected chi connectivity index (χ1v) is 27.9. The number of nitriles is 1. The van der Waals surface area contributed by atoms with Gasteiger partial charge in [-0.25, -0.2) is 8.78 Å². The quantitative estimate of drug-likeness (QED) is 0.0235. The van der Waals surface area contributed by atoms with Crippen molar-refractivity contribution < 1.29 is 44.9 Å². The number of halogens is 2. The van der Waals surface area contributed by atoms with Crippen molar-refractivity contribution in [1.29, 1.82) is 5.26 Å². The smallest absolute Gasteiger partial charge is 0.858 e. The standard InChI is InChI=1S/C56H39F2N2O2Si2.2C5H5.Zr/c57-45-37-33-43(34-38-45)54(61)56(42-59,60-55(62)44-35-39-46(58)40-36-44)53(64(50-26-13-4-14-27-50,51-28-15-5-16-29-51)52-30-17-6-18-31-52)32-19-41-63(47-20-7-1-8-21-47,48-22-9-2-10-23-48)49-24-11-3-12-25-49;2*1-2-4-5-3-1;/h1-18,20-31,33-40H,(H,60,62);2*1-5H;/q-1;;;+4/p-1. The van der Waals surface area contributed by atoms with Gasteiger partial charge in [0.1, 0.15) is 25.8 Å². The Morgan fingerprint density at radius 1 is 0.453 bits per heavy atom. The van der Waals surface area contributed by atoms with E-state index in [0.29, 0.717) is 0 Å². The molecule has 1 unspecified atom stereocenters. The Labute approximate surface area is 462 Å². The summed E-state index contributed by atoms with van der Waals surface area (Å²) in [5.74, 6) is 0.381. The number of benzene rings is 8. The Kier molecular flexibility index (Phi) is 20.3. The van der Waals surface area contributed by atoms with Crippen LogP contribution in [0.5, 0.6) is 0 Å². The topological polar surface area (TPSA) is 76.3 Å². The number of Topliss-reactive ketones (excluding diaryl/α,β-unsaturated/α-hetero) is 1. The second-order valence-corrected chi connectivity index (χ2v) is 24.2. The second kappa shape index (κ2) is 27.4. The van der Waals surface area contributed by atoms with E-state index >= 15 is 4.79 Å². The molecule has 2 aliphatic rings. The van der Waals surface area contributed by atoms with Crippen LogP contribution < -0.4 is 36.2 Å². The minimum atomic E-state index is -4.03. The molecule has 2 fully saturated rings. The molecule has 75 heavy (non-hydrogen) atoms. The van der Waals surface area contributed by atoms with Crippen LogP contribution in [0.3, 0.4) is 0 Å². The van der Waals surface area contributed by atoms with E-state index in [0.717, 1.165) is 55.4 Å². The zero-order chi connectivity index (χ0) is 51.5. The predicted octanol–water partition coefficient (Wildman–Crippen LogP) is 8.41. The first-order chi connectivity index (χ1) is 36.3. The molecule has 8 aromatic rings. The van der Waals surface area contributed by atoms with Gasteiger partial charge in [-0.1, -0.05) is 210 Å². The van der Waals surface area contributed by atoms with Gasteiger partial charge in [0, 0.05) is 5.56 Å². The molecule has 0 heterocycles. The Hall–Kier alpha value is -7.13. The van der Waals surface area contributed by atoms with Crippen LogP contribution in [0.1, 0.15) is 15.9 Å². The van der Waals surface area contributed by atoms with Crippen LogP contribution in [0.25, 0.3) is 0 Å². The summed E-state index contributed by atoms with van der Waals surface area (Å²) in [6.45, 7) is 0. The van der Waals surface area contributed by atoms with Crippen molar-refractivity contribution in [1.82, 2.24) is 0 Å². The largest absolute Gasteiger partial charge is 4.00 e. The summed E-state index contributed by atoms with van der Waals surface area (Å²) in [7, 11) is -7.34. The van der Waals surface area contributed by atoms with Gasteiger partial charge in [0.25, 0.3) is 0 Å². The van der Waals surface area contributed by atoms with E-state index < -0.39 is 45.0 Å².